The van der Waals surface area contributed by atoms with Crippen LogP contribution in [-0.4, -0.2) is 38.8 Å². The van der Waals surface area contributed by atoms with Gasteiger partial charge in [0.05, 0.1) is 22.7 Å². The van der Waals surface area contributed by atoms with Crippen LogP contribution in [0.1, 0.15) is 27.9 Å². The van der Waals surface area contributed by atoms with Gasteiger partial charge in [-0.05, 0) is 25.5 Å². The summed E-state index contributed by atoms with van der Waals surface area (Å²) in [7, 11) is 0. The van der Waals surface area contributed by atoms with Crippen LogP contribution in [0.3, 0.4) is 0 Å². The quantitative estimate of drug-likeness (QED) is 0.369. The normalized spacial score (nSPS) is 10.9. The van der Waals surface area contributed by atoms with Gasteiger partial charge in [0.25, 0.3) is 0 Å². The predicted molar refractivity (Wildman–Crippen MR) is 123 cm³/mol. The highest BCUT2D eigenvalue weighted by Gasteiger charge is 2.19. The van der Waals surface area contributed by atoms with Gasteiger partial charge in [0.15, 0.2) is 16.5 Å². The van der Waals surface area contributed by atoms with Crippen LogP contribution < -0.4 is 10.1 Å². The van der Waals surface area contributed by atoms with Crippen molar-refractivity contribution in [3.8, 4) is 22.4 Å². The maximum absolute atomic E-state index is 14.0. The van der Waals surface area contributed by atoms with Crippen LogP contribution in [-0.2, 0) is 6.54 Å². The van der Waals surface area contributed by atoms with Gasteiger partial charge in [-0.3, -0.25) is 0 Å². The summed E-state index contributed by atoms with van der Waals surface area (Å²) in [5.41, 5.74) is 1.40. The molecule has 4 aromatic rings. The van der Waals surface area contributed by atoms with Gasteiger partial charge in [-0.25, -0.2) is 23.5 Å². The lowest BCUT2D eigenvalue weighted by Gasteiger charge is -2.10. The number of rotatable bonds is 8. The highest BCUT2D eigenvalue weighted by atomic mass is 32.1. The number of carbonyl (C=O) groups is 1. The van der Waals surface area contributed by atoms with E-state index in [4.69, 9.17) is 4.74 Å². The highest BCUT2D eigenvalue weighted by molar-refractivity contribution is 7.17. The molecule has 0 bridgehead atoms. The Hall–Kier alpha value is -4.04. The van der Waals surface area contributed by atoms with Crippen LogP contribution in [0, 0.1) is 29.9 Å². The summed E-state index contributed by atoms with van der Waals surface area (Å²) < 4.78 is 34.9. The summed E-state index contributed by atoms with van der Waals surface area (Å²) in [4.78, 5) is 20.6. The number of nitriles is 1. The lowest BCUT2D eigenvalue weighted by molar-refractivity contribution is 0.0698. The number of nitrogens with one attached hydrogen (secondary N) is 1. The zero-order valence-corrected chi connectivity index (χ0v) is 19.0. The second kappa shape index (κ2) is 9.44. The number of thiophene rings is 1. The molecule has 0 unspecified atom stereocenters. The van der Waals surface area contributed by atoms with Gasteiger partial charge >= 0.3 is 5.97 Å². The molecule has 1 aromatic carbocycles. The van der Waals surface area contributed by atoms with Gasteiger partial charge < -0.3 is 19.7 Å². The number of aryl methyl sites for hydroxylation is 1. The van der Waals surface area contributed by atoms with Gasteiger partial charge in [-0.15, -0.1) is 11.3 Å². The molecule has 11 heteroatoms. The fourth-order valence-corrected chi connectivity index (χ4v) is 4.54. The van der Waals surface area contributed by atoms with Gasteiger partial charge in [0.1, 0.15) is 29.7 Å². The second-order valence-electron chi connectivity index (χ2n) is 7.28. The van der Waals surface area contributed by atoms with E-state index in [0.717, 1.165) is 17.4 Å². The molecule has 4 rings (SSSR count). The topological polar surface area (TPSA) is 113 Å². The molecule has 3 heterocycles. The number of nitrogens with zero attached hydrogens (tertiary/aromatic N) is 4. The molecule has 0 radical (unpaired) electrons. The molecular weight excluding hydrogens is 464 g/mol. The summed E-state index contributed by atoms with van der Waals surface area (Å²) in [6.07, 6.45) is 1.35. The van der Waals surface area contributed by atoms with E-state index in [1.807, 2.05) is 0 Å². The number of hydrogen-bond acceptors (Lipinski definition) is 7. The molecule has 0 aliphatic heterocycles. The maximum atomic E-state index is 14.0. The number of halogens is 2. The molecule has 8 nitrogen and oxygen atoms in total. The van der Waals surface area contributed by atoms with Crippen molar-refractivity contribution in [2.24, 2.45) is 0 Å². The molecule has 0 amide bonds. The van der Waals surface area contributed by atoms with Gasteiger partial charge in [-0.2, -0.15) is 5.26 Å². The first-order valence-electron chi connectivity index (χ1n) is 10.3. The lowest BCUT2D eigenvalue weighted by Crippen LogP contribution is -2.12. The van der Waals surface area contributed by atoms with Crippen LogP contribution in [0.2, 0.25) is 0 Å². The number of anilines is 1. The summed E-state index contributed by atoms with van der Waals surface area (Å²) in [5.74, 6) is -2.20. The summed E-state index contributed by atoms with van der Waals surface area (Å²) in [6.45, 7) is 4.22. The number of fused-ring (bicyclic) bond motifs is 1. The standard InChI is InChI=1S/C23H19F2N5O3S/c1-3-33-18-9-19(34-22(18)23(31)32)16-8-20(29-11-28-16)27-4-5-30-13(10-26)6-14-12(2)21(25)15(24)7-17(14)30/h6-9,11H,3-5H2,1-2H3,(H,31,32)(H,27,28,29). The first-order chi connectivity index (χ1) is 16.3. The van der Waals surface area contributed by atoms with Crippen molar-refractivity contribution in [3.05, 3.63) is 58.4 Å². The smallest absolute Gasteiger partial charge is 0.349 e. The molecule has 0 saturated heterocycles. The first kappa shape index (κ1) is 23.1. The SMILES string of the molecule is CCOc1cc(-c2cc(NCCn3c(C#N)cc4c(C)c(F)c(F)cc43)ncn2)sc1C(=O)O. The molecule has 0 saturated carbocycles. The largest absolute Gasteiger partial charge is 0.492 e. The third-order valence-corrected chi connectivity index (χ3v) is 6.34. The van der Waals surface area contributed by atoms with Crippen LogP contribution >= 0.6 is 11.3 Å². The number of ether oxygens (including phenoxy) is 1. The minimum atomic E-state index is -1.08. The van der Waals surface area contributed by atoms with Gasteiger partial charge in [0.2, 0.25) is 0 Å². The average Bonchev–Trinajstić information content (AvgIpc) is 3.40. The Morgan fingerprint density at radius 1 is 1.29 bits per heavy atom. The molecule has 0 aliphatic carbocycles. The minimum Gasteiger partial charge on any atom is -0.492 e. The lowest BCUT2D eigenvalue weighted by atomic mass is 10.1. The van der Waals surface area contributed by atoms with Crippen molar-refractivity contribution in [1.82, 2.24) is 14.5 Å². The molecule has 3 aromatic heterocycles. The second-order valence-corrected chi connectivity index (χ2v) is 8.33. The Morgan fingerprint density at radius 2 is 2.09 bits per heavy atom. The Kier molecular flexibility index (Phi) is 6.43. The Balaban J connectivity index is 1.55. The number of carboxylic acids is 1. The molecule has 0 spiro atoms. The zero-order chi connectivity index (χ0) is 24.4. The molecule has 34 heavy (non-hydrogen) atoms. The van der Waals surface area contributed by atoms with Crippen LogP contribution in [0.25, 0.3) is 21.5 Å². The summed E-state index contributed by atoms with van der Waals surface area (Å²) >= 11 is 1.05. The fraction of sp³-hybridized carbons (Fsp3) is 0.217. The zero-order valence-electron chi connectivity index (χ0n) is 18.2. The fourth-order valence-electron chi connectivity index (χ4n) is 3.63. The van der Waals surface area contributed by atoms with E-state index in [9.17, 15) is 23.9 Å². The van der Waals surface area contributed by atoms with E-state index in [-0.39, 0.29) is 21.9 Å². The summed E-state index contributed by atoms with van der Waals surface area (Å²) in [6, 6.07) is 8.00. The maximum Gasteiger partial charge on any atom is 0.349 e. The van der Waals surface area contributed by atoms with E-state index in [2.05, 4.69) is 21.4 Å². The third kappa shape index (κ3) is 4.27. The van der Waals surface area contributed by atoms with E-state index in [1.165, 1.54) is 13.3 Å². The van der Waals surface area contributed by atoms with E-state index < -0.39 is 17.6 Å². The Morgan fingerprint density at radius 3 is 2.79 bits per heavy atom. The monoisotopic (exact) mass is 483 g/mol. The Bertz CT molecular complexity index is 1440. The Labute approximate surface area is 197 Å². The molecule has 2 N–H and O–H groups in total. The molecule has 174 valence electrons. The predicted octanol–water partition coefficient (Wildman–Crippen LogP) is 4.83. The third-order valence-electron chi connectivity index (χ3n) is 5.21. The van der Waals surface area contributed by atoms with E-state index in [0.29, 0.717) is 47.0 Å². The van der Waals surface area contributed by atoms with Gasteiger partial charge in [0, 0.05) is 36.7 Å². The number of aromatic nitrogens is 3. The number of benzene rings is 1. The van der Waals surface area contributed by atoms with Crippen molar-refractivity contribution >= 4 is 34.0 Å². The van der Waals surface area contributed by atoms with Crippen molar-refractivity contribution in [2.75, 3.05) is 18.5 Å². The van der Waals surface area contributed by atoms with Gasteiger partial charge in [-0.1, -0.05) is 0 Å². The van der Waals surface area contributed by atoms with E-state index >= 15 is 0 Å². The van der Waals surface area contributed by atoms with Crippen LogP contribution in [0.4, 0.5) is 14.6 Å². The van der Waals surface area contributed by atoms with Crippen LogP contribution in [0.15, 0.2) is 30.6 Å². The molecule has 0 aliphatic rings. The number of aromatic carboxylic acids is 1. The van der Waals surface area contributed by atoms with Crippen molar-refractivity contribution < 1.29 is 23.4 Å². The molecule has 0 atom stereocenters. The van der Waals surface area contributed by atoms with E-state index in [1.54, 1.807) is 29.7 Å². The minimum absolute atomic E-state index is 0.0902. The number of carboxylic acid groups (broad SMARTS) is 1. The van der Waals surface area contributed by atoms with Crippen molar-refractivity contribution in [1.29, 1.82) is 5.26 Å². The van der Waals surface area contributed by atoms with Crippen molar-refractivity contribution in [2.45, 2.75) is 20.4 Å². The average molecular weight is 484 g/mol. The highest BCUT2D eigenvalue weighted by Crippen LogP contribution is 2.36. The first-order valence-corrected chi connectivity index (χ1v) is 11.1. The van der Waals surface area contributed by atoms with Crippen LogP contribution in [0.5, 0.6) is 5.75 Å². The van der Waals surface area contributed by atoms with Crippen molar-refractivity contribution in [3.63, 3.8) is 0 Å². The summed E-state index contributed by atoms with van der Waals surface area (Å²) in [5, 5.41) is 22.5. The number of hydrogen-bond donors (Lipinski definition) is 2. The molecule has 0 fully saturated rings. The molecular formula is C23H19F2N5O3S.